The first-order valence-corrected chi connectivity index (χ1v) is 7.38. The highest BCUT2D eigenvalue weighted by Gasteiger charge is 2.35. The Balaban J connectivity index is 4.81. The maximum atomic E-state index is 11.7. The largest absolute Gasteiger partial charge is 0.368 e. The molecule has 2 atom stereocenters. The normalized spacial score (nSPS) is 17.3. The van der Waals surface area contributed by atoms with Crippen LogP contribution in [0.1, 0.15) is 60.8 Å². The smallest absolute Gasteiger partial charge is 0.237 e. The minimum atomic E-state index is -0.631. The van der Waals surface area contributed by atoms with Gasteiger partial charge < -0.3 is 11.1 Å². The second kappa shape index (κ2) is 7.25. The number of carbonyl (C=O) groups excluding carboxylic acids is 1. The topological polar surface area (TPSA) is 58.4 Å². The van der Waals surface area contributed by atoms with E-state index in [4.69, 9.17) is 5.73 Å². The highest BCUT2D eigenvalue weighted by atomic mass is 16.1. The first kappa shape index (κ1) is 18.4. The molecule has 0 aromatic rings. The number of hydrogen-bond acceptors (Lipinski definition) is 3. The quantitative estimate of drug-likeness (QED) is 0.675. The van der Waals surface area contributed by atoms with Crippen molar-refractivity contribution < 1.29 is 4.79 Å². The van der Waals surface area contributed by atoms with Crippen LogP contribution in [0.3, 0.4) is 0 Å². The molecule has 0 aliphatic rings. The van der Waals surface area contributed by atoms with Crippen LogP contribution >= 0.6 is 0 Å². The Labute approximate surface area is 119 Å². The van der Waals surface area contributed by atoms with Gasteiger partial charge in [0.25, 0.3) is 0 Å². The Bertz CT molecular complexity index is 291. The van der Waals surface area contributed by atoms with Gasteiger partial charge >= 0.3 is 0 Å². The summed E-state index contributed by atoms with van der Waals surface area (Å²) < 4.78 is 0. The molecular weight excluding hydrogens is 238 g/mol. The fourth-order valence-electron chi connectivity index (χ4n) is 2.23. The van der Waals surface area contributed by atoms with E-state index in [1.54, 1.807) is 0 Å². The SMILES string of the molecule is CCCNC(C)(CC(C)N(C)C(C)(C)CC)C(N)=O. The van der Waals surface area contributed by atoms with E-state index in [0.29, 0.717) is 0 Å². The van der Waals surface area contributed by atoms with Gasteiger partial charge in [0.1, 0.15) is 0 Å². The minimum absolute atomic E-state index is 0.128. The number of nitrogens with two attached hydrogens (primary N) is 1. The van der Waals surface area contributed by atoms with Crippen molar-refractivity contribution in [3.63, 3.8) is 0 Å². The van der Waals surface area contributed by atoms with Crippen LogP contribution in [0.5, 0.6) is 0 Å². The third-order valence-electron chi connectivity index (χ3n) is 4.49. The monoisotopic (exact) mass is 271 g/mol. The molecule has 0 aromatic carbocycles. The third kappa shape index (κ3) is 5.11. The summed E-state index contributed by atoms with van der Waals surface area (Å²) >= 11 is 0. The van der Waals surface area contributed by atoms with E-state index in [9.17, 15) is 4.79 Å². The first-order chi connectivity index (χ1) is 8.60. The lowest BCUT2D eigenvalue weighted by Crippen LogP contribution is -2.58. The van der Waals surface area contributed by atoms with Crippen molar-refractivity contribution in [1.82, 2.24) is 10.2 Å². The van der Waals surface area contributed by atoms with Crippen LogP contribution in [0.4, 0.5) is 0 Å². The molecule has 0 spiro atoms. The van der Waals surface area contributed by atoms with Gasteiger partial charge in [-0.2, -0.15) is 0 Å². The van der Waals surface area contributed by atoms with Gasteiger partial charge in [-0.1, -0.05) is 13.8 Å². The van der Waals surface area contributed by atoms with Gasteiger partial charge in [0.2, 0.25) is 5.91 Å². The second-order valence-corrected chi connectivity index (χ2v) is 6.45. The molecule has 4 nitrogen and oxygen atoms in total. The lowest BCUT2D eigenvalue weighted by molar-refractivity contribution is -0.124. The van der Waals surface area contributed by atoms with Gasteiger partial charge in [-0.15, -0.1) is 0 Å². The van der Waals surface area contributed by atoms with Gasteiger partial charge in [0.15, 0.2) is 0 Å². The summed E-state index contributed by atoms with van der Waals surface area (Å²) in [6.45, 7) is 13.6. The summed E-state index contributed by atoms with van der Waals surface area (Å²) in [5.41, 5.74) is 5.08. The molecule has 0 aliphatic carbocycles. The van der Waals surface area contributed by atoms with E-state index in [-0.39, 0.29) is 17.5 Å². The molecule has 0 bridgehead atoms. The average Bonchev–Trinajstić information content (AvgIpc) is 2.34. The molecule has 0 saturated heterocycles. The van der Waals surface area contributed by atoms with E-state index in [2.05, 4.69) is 51.9 Å². The zero-order valence-corrected chi connectivity index (χ0v) is 13.8. The molecule has 4 heteroatoms. The van der Waals surface area contributed by atoms with Crippen molar-refractivity contribution >= 4 is 5.91 Å². The molecule has 0 aliphatic heterocycles. The summed E-state index contributed by atoms with van der Waals surface area (Å²) in [5.74, 6) is -0.268. The van der Waals surface area contributed by atoms with Crippen LogP contribution in [0.15, 0.2) is 0 Å². The molecule has 2 unspecified atom stereocenters. The molecule has 1 amide bonds. The average molecular weight is 271 g/mol. The van der Waals surface area contributed by atoms with Crippen molar-refractivity contribution in [3.8, 4) is 0 Å². The minimum Gasteiger partial charge on any atom is -0.368 e. The molecule has 0 radical (unpaired) electrons. The van der Waals surface area contributed by atoms with Crippen molar-refractivity contribution in [2.24, 2.45) is 5.73 Å². The van der Waals surface area contributed by atoms with Crippen LogP contribution in [0.25, 0.3) is 0 Å². The Kier molecular flexibility index (Phi) is 7.01. The fourth-order valence-corrected chi connectivity index (χ4v) is 2.23. The van der Waals surface area contributed by atoms with Gasteiger partial charge in [-0.3, -0.25) is 9.69 Å². The predicted octanol–water partition coefficient (Wildman–Crippen LogP) is 2.13. The molecule has 19 heavy (non-hydrogen) atoms. The number of nitrogens with zero attached hydrogens (tertiary/aromatic N) is 1. The zero-order chi connectivity index (χ0) is 15.3. The van der Waals surface area contributed by atoms with E-state index in [1.165, 1.54) is 0 Å². The van der Waals surface area contributed by atoms with E-state index in [1.807, 2.05) is 6.92 Å². The van der Waals surface area contributed by atoms with E-state index in [0.717, 1.165) is 25.8 Å². The maximum absolute atomic E-state index is 11.7. The lowest BCUT2D eigenvalue weighted by Gasteiger charge is -2.42. The number of amides is 1. The predicted molar refractivity (Wildman–Crippen MR) is 82.1 cm³/mol. The first-order valence-electron chi connectivity index (χ1n) is 7.38. The van der Waals surface area contributed by atoms with E-state index < -0.39 is 5.54 Å². The van der Waals surface area contributed by atoms with Gasteiger partial charge in [0.05, 0.1) is 5.54 Å². The number of nitrogens with one attached hydrogen (secondary N) is 1. The molecule has 3 N–H and O–H groups in total. The van der Waals surface area contributed by atoms with E-state index >= 15 is 0 Å². The highest BCUT2D eigenvalue weighted by molar-refractivity contribution is 5.84. The molecule has 0 heterocycles. The Morgan fingerprint density at radius 3 is 2.21 bits per heavy atom. The lowest BCUT2D eigenvalue weighted by atomic mass is 9.89. The molecule has 0 rings (SSSR count). The highest BCUT2D eigenvalue weighted by Crippen LogP contribution is 2.24. The molecule has 0 saturated carbocycles. The second-order valence-electron chi connectivity index (χ2n) is 6.45. The Morgan fingerprint density at radius 1 is 1.32 bits per heavy atom. The van der Waals surface area contributed by atoms with Crippen molar-refractivity contribution in [2.75, 3.05) is 13.6 Å². The van der Waals surface area contributed by atoms with Crippen LogP contribution in [-0.2, 0) is 4.79 Å². The maximum Gasteiger partial charge on any atom is 0.237 e. The number of carbonyl (C=O) groups is 1. The summed E-state index contributed by atoms with van der Waals surface area (Å²) in [4.78, 5) is 14.1. The molecular formula is C15H33N3O. The van der Waals surface area contributed by atoms with Gasteiger partial charge in [-0.05, 0) is 60.5 Å². The Morgan fingerprint density at radius 2 is 1.84 bits per heavy atom. The van der Waals surface area contributed by atoms with Crippen molar-refractivity contribution in [2.45, 2.75) is 77.9 Å². The standard InChI is InChI=1S/C15H33N3O/c1-8-10-17-15(6,13(16)19)11-12(3)18(7)14(4,5)9-2/h12,17H,8-11H2,1-7H3,(H2,16,19). The summed E-state index contributed by atoms with van der Waals surface area (Å²) in [6.07, 6.45) is 2.79. The number of rotatable bonds is 9. The van der Waals surface area contributed by atoms with Gasteiger partial charge in [-0.25, -0.2) is 0 Å². The van der Waals surface area contributed by atoms with Crippen LogP contribution in [0, 0.1) is 0 Å². The van der Waals surface area contributed by atoms with Crippen LogP contribution < -0.4 is 11.1 Å². The summed E-state index contributed by atoms with van der Waals surface area (Å²) in [7, 11) is 2.12. The molecule has 0 fully saturated rings. The van der Waals surface area contributed by atoms with Crippen molar-refractivity contribution in [1.29, 1.82) is 0 Å². The summed E-state index contributed by atoms with van der Waals surface area (Å²) in [5, 5.41) is 3.30. The van der Waals surface area contributed by atoms with Gasteiger partial charge in [0, 0.05) is 11.6 Å². The number of primary amides is 1. The zero-order valence-electron chi connectivity index (χ0n) is 13.8. The fraction of sp³-hybridized carbons (Fsp3) is 0.933. The number of hydrogen-bond donors (Lipinski definition) is 2. The molecule has 114 valence electrons. The Hall–Kier alpha value is -0.610. The van der Waals surface area contributed by atoms with Crippen LogP contribution in [0.2, 0.25) is 0 Å². The van der Waals surface area contributed by atoms with Crippen molar-refractivity contribution in [3.05, 3.63) is 0 Å². The third-order valence-corrected chi connectivity index (χ3v) is 4.49. The van der Waals surface area contributed by atoms with Crippen LogP contribution in [-0.4, -0.2) is 41.5 Å². The molecule has 0 aromatic heterocycles. The summed E-state index contributed by atoms with van der Waals surface area (Å²) in [6, 6.07) is 0.289.